The molecule has 1 aromatic heterocycles. The molecule has 0 radical (unpaired) electrons. The standard InChI is InChI=1S/C8H8ClN3O/c1-6(9)2-12-8(13)7-3-10-5-11-4-7/h3-5H,1-2H2,(H,12,13). The molecule has 1 rings (SSSR count). The summed E-state index contributed by atoms with van der Waals surface area (Å²) in [6.07, 6.45) is 4.22. The first-order chi connectivity index (χ1) is 6.20. The lowest BCUT2D eigenvalue weighted by Gasteiger charge is -2.01. The van der Waals surface area contributed by atoms with Crippen molar-refractivity contribution in [3.8, 4) is 0 Å². The maximum absolute atomic E-state index is 11.3. The van der Waals surface area contributed by atoms with Crippen LogP contribution in [0.3, 0.4) is 0 Å². The highest BCUT2D eigenvalue weighted by Gasteiger charge is 2.04. The maximum Gasteiger partial charge on any atom is 0.254 e. The number of hydrogen-bond acceptors (Lipinski definition) is 3. The fraction of sp³-hybridized carbons (Fsp3) is 0.125. The summed E-state index contributed by atoms with van der Waals surface area (Å²) in [4.78, 5) is 18.7. The Bertz CT molecular complexity index is 312. The minimum absolute atomic E-state index is 0.245. The zero-order valence-electron chi connectivity index (χ0n) is 6.83. The molecular weight excluding hydrogens is 190 g/mol. The van der Waals surface area contributed by atoms with E-state index in [9.17, 15) is 4.79 Å². The number of carbonyl (C=O) groups is 1. The Kier molecular flexibility index (Phi) is 3.40. The van der Waals surface area contributed by atoms with Gasteiger partial charge in [-0.15, -0.1) is 0 Å². The van der Waals surface area contributed by atoms with Gasteiger partial charge in [-0.1, -0.05) is 18.2 Å². The smallest absolute Gasteiger partial charge is 0.254 e. The van der Waals surface area contributed by atoms with Gasteiger partial charge in [-0.25, -0.2) is 9.97 Å². The SMILES string of the molecule is C=C(Cl)CNC(=O)c1cncnc1. The molecule has 13 heavy (non-hydrogen) atoms. The first kappa shape index (κ1) is 9.67. The van der Waals surface area contributed by atoms with Crippen molar-refractivity contribution in [3.05, 3.63) is 35.9 Å². The van der Waals surface area contributed by atoms with Gasteiger partial charge in [0, 0.05) is 17.4 Å². The van der Waals surface area contributed by atoms with Crippen molar-refractivity contribution in [2.24, 2.45) is 0 Å². The first-order valence-corrected chi connectivity index (χ1v) is 3.94. The van der Waals surface area contributed by atoms with E-state index in [0.29, 0.717) is 10.6 Å². The lowest BCUT2D eigenvalue weighted by Crippen LogP contribution is -2.24. The van der Waals surface area contributed by atoms with Gasteiger partial charge in [-0.2, -0.15) is 0 Å². The molecule has 0 saturated carbocycles. The molecule has 1 amide bonds. The minimum atomic E-state index is -0.262. The van der Waals surface area contributed by atoms with Gasteiger partial charge in [-0.3, -0.25) is 4.79 Å². The molecule has 0 aromatic carbocycles. The molecule has 0 spiro atoms. The summed E-state index contributed by atoms with van der Waals surface area (Å²) in [5.41, 5.74) is 0.403. The fourth-order valence-electron chi connectivity index (χ4n) is 0.695. The van der Waals surface area contributed by atoms with E-state index in [-0.39, 0.29) is 12.5 Å². The lowest BCUT2D eigenvalue weighted by atomic mass is 10.3. The van der Waals surface area contributed by atoms with Crippen LogP contribution in [0.25, 0.3) is 0 Å². The first-order valence-electron chi connectivity index (χ1n) is 3.56. The molecule has 0 fully saturated rings. The van der Waals surface area contributed by atoms with Crippen molar-refractivity contribution in [3.63, 3.8) is 0 Å². The van der Waals surface area contributed by atoms with Crippen molar-refractivity contribution in [2.75, 3.05) is 6.54 Å². The molecule has 68 valence electrons. The maximum atomic E-state index is 11.3. The largest absolute Gasteiger partial charge is 0.347 e. The zero-order valence-corrected chi connectivity index (χ0v) is 7.58. The number of amides is 1. The highest BCUT2D eigenvalue weighted by molar-refractivity contribution is 6.29. The third-order valence-corrected chi connectivity index (χ3v) is 1.40. The Hall–Kier alpha value is -1.42. The average molecular weight is 198 g/mol. The van der Waals surface area contributed by atoms with Gasteiger partial charge in [0.1, 0.15) is 6.33 Å². The fourth-order valence-corrected chi connectivity index (χ4v) is 0.761. The van der Waals surface area contributed by atoms with Crippen LogP contribution in [0.2, 0.25) is 0 Å². The van der Waals surface area contributed by atoms with Gasteiger partial charge in [0.25, 0.3) is 5.91 Å². The van der Waals surface area contributed by atoms with E-state index in [4.69, 9.17) is 11.6 Å². The van der Waals surface area contributed by atoms with Gasteiger partial charge >= 0.3 is 0 Å². The molecule has 0 bridgehead atoms. The predicted octanol–water partition coefficient (Wildman–Crippen LogP) is 0.959. The second-order valence-corrected chi connectivity index (χ2v) is 2.86. The molecule has 0 aliphatic carbocycles. The summed E-state index contributed by atoms with van der Waals surface area (Å²) in [7, 11) is 0. The van der Waals surface area contributed by atoms with Crippen LogP contribution in [0, 0.1) is 0 Å². The molecule has 0 saturated heterocycles. The number of halogens is 1. The monoisotopic (exact) mass is 197 g/mol. The number of hydrogen-bond donors (Lipinski definition) is 1. The third-order valence-electron chi connectivity index (χ3n) is 1.26. The van der Waals surface area contributed by atoms with Crippen molar-refractivity contribution < 1.29 is 4.79 Å². The Morgan fingerprint density at radius 2 is 2.15 bits per heavy atom. The summed E-state index contributed by atoms with van der Waals surface area (Å²) < 4.78 is 0. The minimum Gasteiger partial charge on any atom is -0.347 e. The molecule has 1 N–H and O–H groups in total. The van der Waals surface area contributed by atoms with E-state index >= 15 is 0 Å². The third kappa shape index (κ3) is 3.21. The van der Waals surface area contributed by atoms with Gasteiger partial charge in [0.2, 0.25) is 0 Å². The van der Waals surface area contributed by atoms with E-state index in [1.165, 1.54) is 18.7 Å². The topological polar surface area (TPSA) is 54.9 Å². The van der Waals surface area contributed by atoms with E-state index in [2.05, 4.69) is 21.9 Å². The van der Waals surface area contributed by atoms with Crippen LogP contribution in [0.1, 0.15) is 10.4 Å². The summed E-state index contributed by atoms with van der Waals surface area (Å²) in [6, 6.07) is 0. The van der Waals surface area contributed by atoms with Crippen molar-refractivity contribution in [2.45, 2.75) is 0 Å². The highest BCUT2D eigenvalue weighted by atomic mass is 35.5. The van der Waals surface area contributed by atoms with E-state index in [1.807, 2.05) is 0 Å². The highest BCUT2D eigenvalue weighted by Crippen LogP contribution is 1.96. The van der Waals surface area contributed by atoms with Crippen molar-refractivity contribution in [1.82, 2.24) is 15.3 Å². The van der Waals surface area contributed by atoms with E-state index < -0.39 is 0 Å². The summed E-state index contributed by atoms with van der Waals surface area (Å²) >= 11 is 5.47. The van der Waals surface area contributed by atoms with E-state index in [0.717, 1.165) is 0 Å². The molecule has 1 heterocycles. The Morgan fingerprint density at radius 1 is 1.54 bits per heavy atom. The quantitative estimate of drug-likeness (QED) is 0.785. The number of carbonyl (C=O) groups excluding carboxylic acids is 1. The Morgan fingerprint density at radius 3 is 2.69 bits per heavy atom. The molecule has 0 aliphatic rings. The van der Waals surface area contributed by atoms with Crippen molar-refractivity contribution >= 4 is 17.5 Å². The van der Waals surface area contributed by atoms with Crippen LogP contribution >= 0.6 is 11.6 Å². The summed E-state index contributed by atoms with van der Waals surface area (Å²) in [5, 5.41) is 2.93. The van der Waals surface area contributed by atoms with E-state index in [1.54, 1.807) is 0 Å². The average Bonchev–Trinajstić information content (AvgIpc) is 2.15. The predicted molar refractivity (Wildman–Crippen MR) is 49.4 cm³/mol. The number of rotatable bonds is 3. The molecule has 4 nitrogen and oxygen atoms in total. The van der Waals surface area contributed by atoms with Crippen LogP contribution in [0.5, 0.6) is 0 Å². The summed E-state index contributed by atoms with van der Waals surface area (Å²) in [6.45, 7) is 3.69. The molecule has 1 aromatic rings. The second kappa shape index (κ2) is 4.57. The number of nitrogens with one attached hydrogen (secondary N) is 1. The second-order valence-electron chi connectivity index (χ2n) is 2.33. The molecule has 0 atom stereocenters. The Balaban J connectivity index is 2.54. The van der Waals surface area contributed by atoms with Crippen LogP contribution in [-0.4, -0.2) is 22.4 Å². The van der Waals surface area contributed by atoms with Crippen LogP contribution in [0.4, 0.5) is 0 Å². The van der Waals surface area contributed by atoms with Crippen LogP contribution in [0.15, 0.2) is 30.3 Å². The lowest BCUT2D eigenvalue weighted by molar-refractivity contribution is 0.0957. The van der Waals surface area contributed by atoms with Gasteiger partial charge < -0.3 is 5.32 Å². The van der Waals surface area contributed by atoms with Gasteiger partial charge in [-0.05, 0) is 0 Å². The molecule has 0 unspecified atom stereocenters. The molecular formula is C8H8ClN3O. The number of nitrogens with zero attached hydrogens (tertiary/aromatic N) is 2. The Labute approximate surface area is 80.7 Å². The molecule has 5 heteroatoms. The van der Waals surface area contributed by atoms with Crippen LogP contribution in [-0.2, 0) is 0 Å². The van der Waals surface area contributed by atoms with Crippen LogP contribution < -0.4 is 5.32 Å². The molecule has 0 aliphatic heterocycles. The summed E-state index contributed by atoms with van der Waals surface area (Å²) in [5.74, 6) is -0.262. The zero-order chi connectivity index (χ0) is 9.68. The normalized spacial score (nSPS) is 9.31. The van der Waals surface area contributed by atoms with Crippen molar-refractivity contribution in [1.29, 1.82) is 0 Å². The van der Waals surface area contributed by atoms with Gasteiger partial charge in [0.05, 0.1) is 12.1 Å². The van der Waals surface area contributed by atoms with Gasteiger partial charge in [0.15, 0.2) is 0 Å². The number of aromatic nitrogens is 2.